The first-order valence-corrected chi connectivity index (χ1v) is 6.86. The second-order valence-electron chi connectivity index (χ2n) is 3.82. The Labute approximate surface area is 115 Å². The lowest BCUT2D eigenvalue weighted by Gasteiger charge is -1.96. The maximum atomic E-state index is 11.5. The quantitative estimate of drug-likeness (QED) is 0.771. The Morgan fingerprint density at radius 1 is 1.28 bits per heavy atom. The average molecular weight is 322 g/mol. The largest absolute Gasteiger partial charge is 0.478 e. The van der Waals surface area contributed by atoms with E-state index in [2.05, 4.69) is 15.9 Å². The molecular weight excluding hydrogens is 314 g/mol. The number of fused-ring (bicyclic) bond motifs is 1. The van der Waals surface area contributed by atoms with Crippen molar-refractivity contribution < 1.29 is 9.90 Å². The summed E-state index contributed by atoms with van der Waals surface area (Å²) in [5, 5.41) is 9.40. The Morgan fingerprint density at radius 3 is 2.78 bits per heavy atom. The molecule has 1 N–H and O–H groups in total. The van der Waals surface area contributed by atoms with Gasteiger partial charge in [0.05, 0.1) is 14.9 Å². The van der Waals surface area contributed by atoms with Crippen molar-refractivity contribution in [2.45, 2.75) is 0 Å². The van der Waals surface area contributed by atoms with Gasteiger partial charge < -0.3 is 9.51 Å². The molecule has 0 saturated heterocycles. The van der Waals surface area contributed by atoms with Crippen LogP contribution in [0.5, 0.6) is 0 Å². The molecule has 0 aliphatic rings. The molecule has 3 aromatic heterocycles. The highest BCUT2D eigenvalue weighted by molar-refractivity contribution is 9.11. The second kappa shape index (κ2) is 4.26. The first-order chi connectivity index (χ1) is 8.66. The highest BCUT2D eigenvalue weighted by Crippen LogP contribution is 2.35. The Bertz CT molecular complexity index is 744. The molecule has 0 bridgehead atoms. The standard InChI is InChI=1S/C13H8BrNO2S/c14-11-5-4-10(18-11)8-7-15-6-2-1-3-9(15)12(8)13(16)17/h1-7H,(H,16,17). The van der Waals surface area contributed by atoms with Crippen LogP contribution in [0.15, 0.2) is 46.5 Å². The van der Waals surface area contributed by atoms with E-state index in [1.54, 1.807) is 0 Å². The van der Waals surface area contributed by atoms with E-state index < -0.39 is 5.97 Å². The van der Waals surface area contributed by atoms with Crippen molar-refractivity contribution in [3.63, 3.8) is 0 Å². The van der Waals surface area contributed by atoms with Crippen LogP contribution in [-0.2, 0) is 0 Å². The lowest BCUT2D eigenvalue weighted by Crippen LogP contribution is -1.97. The summed E-state index contributed by atoms with van der Waals surface area (Å²) in [7, 11) is 0. The van der Waals surface area contributed by atoms with Gasteiger partial charge in [-0.15, -0.1) is 11.3 Å². The Kier molecular flexibility index (Phi) is 2.72. The molecule has 0 aliphatic carbocycles. The van der Waals surface area contributed by atoms with Gasteiger partial charge in [0.1, 0.15) is 0 Å². The molecule has 3 rings (SSSR count). The summed E-state index contributed by atoms with van der Waals surface area (Å²) < 4.78 is 2.83. The minimum absolute atomic E-state index is 0.352. The zero-order chi connectivity index (χ0) is 12.7. The van der Waals surface area contributed by atoms with Crippen LogP contribution in [-0.4, -0.2) is 15.5 Å². The molecule has 90 valence electrons. The normalized spacial score (nSPS) is 10.9. The van der Waals surface area contributed by atoms with E-state index in [4.69, 9.17) is 0 Å². The number of carbonyl (C=O) groups is 1. The molecule has 0 amide bonds. The predicted molar refractivity (Wildman–Crippen MR) is 75.4 cm³/mol. The minimum Gasteiger partial charge on any atom is -0.478 e. The molecule has 3 aromatic rings. The lowest BCUT2D eigenvalue weighted by atomic mass is 10.1. The van der Waals surface area contributed by atoms with E-state index in [-0.39, 0.29) is 0 Å². The number of hydrogen-bond donors (Lipinski definition) is 1. The van der Waals surface area contributed by atoms with Crippen LogP contribution in [0, 0.1) is 0 Å². The molecule has 3 heterocycles. The van der Waals surface area contributed by atoms with Crippen LogP contribution >= 0.6 is 27.3 Å². The molecule has 0 radical (unpaired) electrons. The molecule has 3 nitrogen and oxygen atoms in total. The number of aromatic carboxylic acids is 1. The first kappa shape index (κ1) is 11.5. The highest BCUT2D eigenvalue weighted by atomic mass is 79.9. The van der Waals surface area contributed by atoms with Gasteiger partial charge in [-0.25, -0.2) is 4.79 Å². The third-order valence-electron chi connectivity index (χ3n) is 2.74. The van der Waals surface area contributed by atoms with Crippen LogP contribution < -0.4 is 0 Å². The molecule has 0 aliphatic heterocycles. The fraction of sp³-hybridized carbons (Fsp3) is 0. The first-order valence-electron chi connectivity index (χ1n) is 5.25. The molecule has 0 atom stereocenters. The summed E-state index contributed by atoms with van der Waals surface area (Å²) in [5.74, 6) is -0.900. The van der Waals surface area contributed by atoms with Gasteiger partial charge in [-0.3, -0.25) is 0 Å². The Balaban J connectivity index is 2.34. The van der Waals surface area contributed by atoms with Gasteiger partial charge in [0.2, 0.25) is 0 Å². The van der Waals surface area contributed by atoms with E-state index in [9.17, 15) is 9.90 Å². The fourth-order valence-electron chi connectivity index (χ4n) is 1.99. The summed E-state index contributed by atoms with van der Waals surface area (Å²) >= 11 is 4.93. The van der Waals surface area contributed by atoms with Crippen LogP contribution in [0.4, 0.5) is 0 Å². The SMILES string of the molecule is O=C(O)c1c(-c2ccc(Br)s2)cn2ccccc12. The number of nitrogens with zero attached hydrogens (tertiary/aromatic N) is 1. The zero-order valence-electron chi connectivity index (χ0n) is 9.13. The van der Waals surface area contributed by atoms with Crippen molar-refractivity contribution in [1.82, 2.24) is 4.40 Å². The summed E-state index contributed by atoms with van der Waals surface area (Å²) in [6.45, 7) is 0. The Morgan fingerprint density at radius 2 is 2.11 bits per heavy atom. The number of hydrogen-bond acceptors (Lipinski definition) is 2. The summed E-state index contributed by atoms with van der Waals surface area (Å²) in [6.07, 6.45) is 3.71. The molecule has 0 aromatic carbocycles. The number of pyridine rings is 1. The second-order valence-corrected chi connectivity index (χ2v) is 6.28. The molecular formula is C13H8BrNO2S. The monoisotopic (exact) mass is 321 g/mol. The van der Waals surface area contributed by atoms with Gasteiger partial charge in [-0.1, -0.05) is 6.07 Å². The van der Waals surface area contributed by atoms with Gasteiger partial charge in [0.15, 0.2) is 0 Å². The fourth-order valence-corrected chi connectivity index (χ4v) is 3.40. The van der Waals surface area contributed by atoms with Gasteiger partial charge in [0.25, 0.3) is 0 Å². The maximum absolute atomic E-state index is 11.5. The predicted octanol–water partition coefficient (Wildman–Crippen LogP) is 4.13. The van der Waals surface area contributed by atoms with E-state index in [1.165, 1.54) is 11.3 Å². The lowest BCUT2D eigenvalue weighted by molar-refractivity contribution is 0.0700. The molecule has 0 unspecified atom stereocenters. The third kappa shape index (κ3) is 1.76. The molecule has 0 spiro atoms. The summed E-state index contributed by atoms with van der Waals surface area (Å²) in [6, 6.07) is 9.39. The van der Waals surface area contributed by atoms with E-state index >= 15 is 0 Å². The number of rotatable bonds is 2. The van der Waals surface area contributed by atoms with Gasteiger partial charge >= 0.3 is 5.97 Å². The van der Waals surface area contributed by atoms with Crippen molar-refractivity contribution >= 4 is 38.8 Å². The van der Waals surface area contributed by atoms with Crippen molar-refractivity contribution in [2.24, 2.45) is 0 Å². The van der Waals surface area contributed by atoms with E-state index in [1.807, 2.05) is 47.1 Å². The van der Waals surface area contributed by atoms with Crippen molar-refractivity contribution in [3.8, 4) is 10.4 Å². The van der Waals surface area contributed by atoms with Crippen molar-refractivity contribution in [3.05, 3.63) is 52.1 Å². The number of thiophene rings is 1. The molecule has 5 heteroatoms. The summed E-state index contributed by atoms with van der Waals surface area (Å²) in [4.78, 5) is 12.4. The van der Waals surface area contributed by atoms with Gasteiger partial charge in [0, 0.05) is 22.8 Å². The van der Waals surface area contributed by atoms with Crippen molar-refractivity contribution in [1.29, 1.82) is 0 Å². The third-order valence-corrected chi connectivity index (χ3v) is 4.39. The average Bonchev–Trinajstić information content (AvgIpc) is 2.91. The van der Waals surface area contributed by atoms with E-state index in [0.717, 1.165) is 14.2 Å². The maximum Gasteiger partial charge on any atom is 0.338 e. The topological polar surface area (TPSA) is 41.7 Å². The smallest absolute Gasteiger partial charge is 0.338 e. The van der Waals surface area contributed by atoms with Crippen molar-refractivity contribution in [2.75, 3.05) is 0 Å². The number of aromatic nitrogens is 1. The van der Waals surface area contributed by atoms with Crippen LogP contribution in [0.25, 0.3) is 16.0 Å². The van der Waals surface area contributed by atoms with E-state index in [0.29, 0.717) is 11.1 Å². The summed E-state index contributed by atoms with van der Waals surface area (Å²) in [5.41, 5.74) is 1.82. The van der Waals surface area contributed by atoms with Gasteiger partial charge in [-0.05, 0) is 40.2 Å². The number of carboxylic acid groups (broad SMARTS) is 1. The van der Waals surface area contributed by atoms with Crippen LogP contribution in [0.2, 0.25) is 0 Å². The number of carboxylic acids is 1. The molecule has 0 fully saturated rings. The molecule has 18 heavy (non-hydrogen) atoms. The van der Waals surface area contributed by atoms with Gasteiger partial charge in [-0.2, -0.15) is 0 Å². The zero-order valence-corrected chi connectivity index (χ0v) is 11.5. The highest BCUT2D eigenvalue weighted by Gasteiger charge is 2.19. The molecule has 0 saturated carbocycles. The van der Waals surface area contributed by atoms with Crippen LogP contribution in [0.3, 0.4) is 0 Å². The van der Waals surface area contributed by atoms with Crippen LogP contribution in [0.1, 0.15) is 10.4 Å². The number of halogens is 1. The minimum atomic E-state index is -0.900. The Hall–Kier alpha value is -1.59.